The second-order valence-corrected chi connectivity index (χ2v) is 7.74. The summed E-state index contributed by atoms with van der Waals surface area (Å²) < 4.78 is 0. The minimum absolute atomic E-state index is 0.0649. The van der Waals surface area contributed by atoms with Crippen molar-refractivity contribution in [1.29, 1.82) is 0 Å². The number of nitrogens with zero attached hydrogens (tertiary/aromatic N) is 2. The zero-order valence-electron chi connectivity index (χ0n) is 15.4. The highest BCUT2D eigenvalue weighted by atomic mass is 16.3. The van der Waals surface area contributed by atoms with Gasteiger partial charge in [0.05, 0.1) is 6.10 Å². The molecule has 2 atom stereocenters. The number of urea groups is 1. The SMILES string of the molecule is CC1CCN(c2ccc(NC(=O)N3CCCC(C(C)O)C3)cc2)CC1. The fourth-order valence-electron chi connectivity index (χ4n) is 3.81. The standard InChI is InChI=1S/C20H31N3O2/c1-15-9-12-22(13-10-15)19-7-5-18(6-8-19)21-20(25)23-11-3-4-17(14-23)16(2)24/h5-8,15-17,24H,3-4,9-14H2,1-2H3,(H,21,25). The maximum atomic E-state index is 12.5. The van der Waals surface area contributed by atoms with Crippen LogP contribution in [0.1, 0.15) is 39.5 Å². The highest BCUT2D eigenvalue weighted by Gasteiger charge is 2.26. The van der Waals surface area contributed by atoms with Crippen LogP contribution in [0.3, 0.4) is 0 Å². The summed E-state index contributed by atoms with van der Waals surface area (Å²) in [6.45, 7) is 7.75. The lowest BCUT2D eigenvalue weighted by molar-refractivity contribution is 0.0766. The van der Waals surface area contributed by atoms with Crippen molar-refractivity contribution in [2.45, 2.75) is 45.6 Å². The Kier molecular flexibility index (Phi) is 5.84. The third-order valence-corrected chi connectivity index (χ3v) is 5.69. The van der Waals surface area contributed by atoms with Crippen LogP contribution in [0, 0.1) is 11.8 Å². The van der Waals surface area contributed by atoms with Crippen molar-refractivity contribution in [1.82, 2.24) is 4.90 Å². The van der Waals surface area contributed by atoms with Gasteiger partial charge in [0.15, 0.2) is 0 Å². The van der Waals surface area contributed by atoms with Crippen LogP contribution in [-0.2, 0) is 0 Å². The molecular formula is C20H31N3O2. The number of hydrogen-bond acceptors (Lipinski definition) is 3. The van der Waals surface area contributed by atoms with E-state index in [4.69, 9.17) is 0 Å². The molecule has 3 rings (SSSR count). The molecule has 2 aliphatic rings. The third kappa shape index (κ3) is 4.66. The van der Waals surface area contributed by atoms with E-state index < -0.39 is 0 Å². The molecule has 5 heteroatoms. The number of hydrogen-bond donors (Lipinski definition) is 2. The number of benzene rings is 1. The van der Waals surface area contributed by atoms with E-state index in [0.717, 1.165) is 44.1 Å². The van der Waals surface area contributed by atoms with E-state index in [1.54, 1.807) is 0 Å². The third-order valence-electron chi connectivity index (χ3n) is 5.69. The number of nitrogens with one attached hydrogen (secondary N) is 1. The molecule has 0 saturated carbocycles. The number of carbonyl (C=O) groups excluding carboxylic acids is 1. The predicted molar refractivity (Wildman–Crippen MR) is 102 cm³/mol. The van der Waals surface area contributed by atoms with Gasteiger partial charge in [-0.05, 0) is 62.8 Å². The summed E-state index contributed by atoms with van der Waals surface area (Å²) in [5.41, 5.74) is 2.07. The van der Waals surface area contributed by atoms with Crippen LogP contribution in [0.5, 0.6) is 0 Å². The van der Waals surface area contributed by atoms with E-state index in [0.29, 0.717) is 6.54 Å². The lowest BCUT2D eigenvalue weighted by Crippen LogP contribution is -2.44. The van der Waals surface area contributed by atoms with Gasteiger partial charge in [-0.15, -0.1) is 0 Å². The molecule has 0 radical (unpaired) electrons. The Morgan fingerprint density at radius 3 is 2.48 bits per heavy atom. The molecule has 0 spiro atoms. The minimum atomic E-state index is -0.359. The summed E-state index contributed by atoms with van der Waals surface area (Å²) in [6, 6.07) is 8.11. The zero-order valence-corrected chi connectivity index (χ0v) is 15.4. The number of rotatable bonds is 3. The van der Waals surface area contributed by atoms with Gasteiger partial charge in [0.2, 0.25) is 0 Å². The first kappa shape index (κ1) is 18.1. The normalized spacial score (nSPS) is 23.4. The van der Waals surface area contributed by atoms with Crippen molar-refractivity contribution < 1.29 is 9.90 Å². The fraction of sp³-hybridized carbons (Fsp3) is 0.650. The summed E-state index contributed by atoms with van der Waals surface area (Å²) in [7, 11) is 0. The number of amides is 2. The number of carbonyl (C=O) groups is 1. The maximum Gasteiger partial charge on any atom is 0.321 e. The molecule has 1 aromatic rings. The molecule has 5 nitrogen and oxygen atoms in total. The van der Waals surface area contributed by atoms with Gasteiger partial charge in [-0.1, -0.05) is 6.92 Å². The molecule has 1 aromatic carbocycles. The molecule has 0 aromatic heterocycles. The predicted octanol–water partition coefficient (Wildman–Crippen LogP) is 3.55. The van der Waals surface area contributed by atoms with Gasteiger partial charge in [0.25, 0.3) is 0 Å². The number of likely N-dealkylation sites (tertiary alicyclic amines) is 1. The lowest BCUT2D eigenvalue weighted by Gasteiger charge is -2.34. The van der Waals surface area contributed by atoms with E-state index in [1.165, 1.54) is 18.5 Å². The van der Waals surface area contributed by atoms with Crippen LogP contribution in [0.25, 0.3) is 0 Å². The number of aliphatic hydroxyl groups is 1. The van der Waals surface area contributed by atoms with Gasteiger partial charge in [-0.25, -0.2) is 4.79 Å². The molecule has 2 fully saturated rings. The van der Waals surface area contributed by atoms with Crippen LogP contribution in [0.4, 0.5) is 16.2 Å². The van der Waals surface area contributed by atoms with Gasteiger partial charge in [0.1, 0.15) is 0 Å². The average molecular weight is 345 g/mol. The highest BCUT2D eigenvalue weighted by Crippen LogP contribution is 2.25. The largest absolute Gasteiger partial charge is 0.393 e. The lowest BCUT2D eigenvalue weighted by atomic mass is 9.94. The number of anilines is 2. The maximum absolute atomic E-state index is 12.5. The van der Waals surface area contributed by atoms with Crippen LogP contribution < -0.4 is 10.2 Å². The number of aliphatic hydroxyl groups excluding tert-OH is 1. The fourth-order valence-corrected chi connectivity index (χ4v) is 3.81. The zero-order chi connectivity index (χ0) is 17.8. The van der Waals surface area contributed by atoms with Crippen molar-refractivity contribution in [3.63, 3.8) is 0 Å². The molecule has 2 amide bonds. The van der Waals surface area contributed by atoms with Gasteiger partial charge >= 0.3 is 6.03 Å². The molecule has 2 saturated heterocycles. The van der Waals surface area contributed by atoms with Crippen molar-refractivity contribution in [3.8, 4) is 0 Å². The molecule has 0 bridgehead atoms. The Bertz CT molecular complexity index is 565. The first-order chi connectivity index (χ1) is 12.0. The highest BCUT2D eigenvalue weighted by molar-refractivity contribution is 5.89. The Hall–Kier alpha value is -1.75. The molecular weight excluding hydrogens is 314 g/mol. The first-order valence-electron chi connectivity index (χ1n) is 9.62. The second-order valence-electron chi connectivity index (χ2n) is 7.74. The van der Waals surface area contributed by atoms with Crippen LogP contribution in [-0.4, -0.2) is 48.3 Å². The summed E-state index contributed by atoms with van der Waals surface area (Å²) in [4.78, 5) is 16.7. The molecule has 25 heavy (non-hydrogen) atoms. The molecule has 2 unspecified atom stereocenters. The summed E-state index contributed by atoms with van der Waals surface area (Å²) >= 11 is 0. The molecule has 2 aliphatic heterocycles. The van der Waals surface area contributed by atoms with Gasteiger partial charge < -0.3 is 20.2 Å². The van der Waals surface area contributed by atoms with Crippen molar-refractivity contribution in [3.05, 3.63) is 24.3 Å². The number of piperidine rings is 2. The van der Waals surface area contributed by atoms with E-state index in [1.807, 2.05) is 24.0 Å². The summed E-state index contributed by atoms with van der Waals surface area (Å²) in [5, 5.41) is 12.8. The quantitative estimate of drug-likeness (QED) is 0.881. The van der Waals surface area contributed by atoms with E-state index in [-0.39, 0.29) is 18.1 Å². The summed E-state index contributed by atoms with van der Waals surface area (Å²) in [6.07, 6.45) is 4.08. The Morgan fingerprint density at radius 2 is 1.84 bits per heavy atom. The Labute approximate surface area is 151 Å². The average Bonchev–Trinajstić information content (AvgIpc) is 2.63. The van der Waals surface area contributed by atoms with Gasteiger partial charge in [-0.3, -0.25) is 0 Å². The first-order valence-corrected chi connectivity index (χ1v) is 9.62. The van der Waals surface area contributed by atoms with Crippen LogP contribution in [0.2, 0.25) is 0 Å². The Balaban J connectivity index is 1.55. The smallest absolute Gasteiger partial charge is 0.321 e. The minimum Gasteiger partial charge on any atom is -0.393 e. The molecule has 138 valence electrons. The van der Waals surface area contributed by atoms with Gasteiger partial charge in [0, 0.05) is 43.5 Å². The van der Waals surface area contributed by atoms with Crippen molar-refractivity contribution in [2.24, 2.45) is 11.8 Å². The topological polar surface area (TPSA) is 55.8 Å². The molecule has 2 heterocycles. The Morgan fingerprint density at radius 1 is 1.16 bits per heavy atom. The van der Waals surface area contributed by atoms with Crippen LogP contribution in [0.15, 0.2) is 24.3 Å². The van der Waals surface area contributed by atoms with Crippen molar-refractivity contribution in [2.75, 3.05) is 36.4 Å². The van der Waals surface area contributed by atoms with E-state index >= 15 is 0 Å². The van der Waals surface area contributed by atoms with Crippen molar-refractivity contribution >= 4 is 17.4 Å². The van der Waals surface area contributed by atoms with Crippen LogP contribution >= 0.6 is 0 Å². The van der Waals surface area contributed by atoms with E-state index in [2.05, 4.69) is 29.3 Å². The van der Waals surface area contributed by atoms with E-state index in [9.17, 15) is 9.90 Å². The van der Waals surface area contributed by atoms with Gasteiger partial charge in [-0.2, -0.15) is 0 Å². The summed E-state index contributed by atoms with van der Waals surface area (Å²) in [5.74, 6) is 1.01. The second kappa shape index (κ2) is 8.09. The molecule has 2 N–H and O–H groups in total. The monoisotopic (exact) mass is 345 g/mol. The molecule has 0 aliphatic carbocycles.